The van der Waals surface area contributed by atoms with Crippen LogP contribution in [0.15, 0.2) is 35.7 Å². The number of aromatic nitrogens is 1. The van der Waals surface area contributed by atoms with Crippen LogP contribution in [-0.2, 0) is 16.0 Å². The van der Waals surface area contributed by atoms with Crippen molar-refractivity contribution in [3.05, 3.63) is 47.0 Å². The number of rotatable bonds is 5. The molecule has 2 amide bonds. The molecule has 6 heteroatoms. The average molecular weight is 329 g/mol. The van der Waals surface area contributed by atoms with E-state index >= 15 is 0 Å². The quantitative estimate of drug-likeness (QED) is 0.915. The molecule has 0 saturated carbocycles. The molecule has 3 rings (SSSR count). The molecule has 0 radical (unpaired) electrons. The summed E-state index contributed by atoms with van der Waals surface area (Å²) in [5.74, 6) is -0.122. The Balaban J connectivity index is 1.76. The van der Waals surface area contributed by atoms with Crippen molar-refractivity contribution in [3.63, 3.8) is 0 Å². The number of benzene rings is 1. The predicted octanol–water partition coefficient (Wildman–Crippen LogP) is 2.31. The molecule has 1 aliphatic heterocycles. The van der Waals surface area contributed by atoms with Crippen molar-refractivity contribution in [2.24, 2.45) is 0 Å². The third kappa shape index (κ3) is 3.76. The standard InChI is InChI=1S/C17H19N3O2S/c1-12-11-23-17(18-12)20(10-9-13-5-3-2-4-6-13)16(22)14-7-8-15(21)19-14/h2-6,11,14H,7-10H2,1H3,(H,19,21)/t14-/m1/s1. The fourth-order valence-corrected chi connectivity index (χ4v) is 3.47. The van der Waals surface area contributed by atoms with Crippen LogP contribution < -0.4 is 10.2 Å². The number of nitrogens with zero attached hydrogens (tertiary/aromatic N) is 2. The third-order valence-corrected chi connectivity index (χ3v) is 4.85. The second-order valence-corrected chi connectivity index (χ2v) is 6.49. The third-order valence-electron chi connectivity index (χ3n) is 3.86. The van der Waals surface area contributed by atoms with E-state index < -0.39 is 6.04 Å². The summed E-state index contributed by atoms with van der Waals surface area (Å²) in [6, 6.07) is 9.63. The minimum Gasteiger partial charge on any atom is -0.344 e. The minimum absolute atomic E-state index is 0.0540. The van der Waals surface area contributed by atoms with Crippen LogP contribution in [0, 0.1) is 6.92 Å². The molecular formula is C17H19N3O2S. The zero-order valence-electron chi connectivity index (χ0n) is 13.0. The number of thiazole rings is 1. The molecule has 0 aliphatic carbocycles. The first-order valence-electron chi connectivity index (χ1n) is 7.70. The van der Waals surface area contributed by atoms with Crippen molar-refractivity contribution in [2.75, 3.05) is 11.4 Å². The van der Waals surface area contributed by atoms with Crippen LogP contribution in [0.25, 0.3) is 0 Å². The Morgan fingerprint density at radius 2 is 2.17 bits per heavy atom. The zero-order chi connectivity index (χ0) is 16.2. The van der Waals surface area contributed by atoms with E-state index in [0.29, 0.717) is 24.5 Å². The molecule has 120 valence electrons. The van der Waals surface area contributed by atoms with Crippen LogP contribution >= 0.6 is 11.3 Å². The molecular weight excluding hydrogens is 310 g/mol. The Morgan fingerprint density at radius 3 is 2.78 bits per heavy atom. The normalized spacial score (nSPS) is 17.1. The van der Waals surface area contributed by atoms with Crippen LogP contribution in [0.4, 0.5) is 5.13 Å². The highest BCUT2D eigenvalue weighted by atomic mass is 32.1. The first kappa shape index (κ1) is 15.7. The van der Waals surface area contributed by atoms with Crippen molar-refractivity contribution in [2.45, 2.75) is 32.2 Å². The topological polar surface area (TPSA) is 62.3 Å². The molecule has 1 aliphatic rings. The molecule has 0 bridgehead atoms. The van der Waals surface area contributed by atoms with Gasteiger partial charge in [0.15, 0.2) is 5.13 Å². The Bertz CT molecular complexity index is 699. The summed E-state index contributed by atoms with van der Waals surface area (Å²) in [6.07, 6.45) is 1.73. The lowest BCUT2D eigenvalue weighted by Gasteiger charge is -2.23. The monoisotopic (exact) mass is 329 g/mol. The van der Waals surface area contributed by atoms with E-state index in [0.717, 1.165) is 12.1 Å². The number of nitrogens with one attached hydrogen (secondary N) is 1. The van der Waals surface area contributed by atoms with Crippen LogP contribution in [0.3, 0.4) is 0 Å². The van der Waals surface area contributed by atoms with Gasteiger partial charge in [-0.15, -0.1) is 11.3 Å². The Hall–Kier alpha value is -2.21. The van der Waals surface area contributed by atoms with Crippen molar-refractivity contribution in [1.29, 1.82) is 0 Å². The highest BCUT2D eigenvalue weighted by Gasteiger charge is 2.32. The van der Waals surface area contributed by atoms with Gasteiger partial charge in [0.05, 0.1) is 5.69 Å². The van der Waals surface area contributed by atoms with Gasteiger partial charge in [-0.05, 0) is 25.3 Å². The van der Waals surface area contributed by atoms with E-state index in [-0.39, 0.29) is 11.8 Å². The number of hydrogen-bond donors (Lipinski definition) is 1. The van der Waals surface area contributed by atoms with E-state index in [1.807, 2.05) is 42.6 Å². The summed E-state index contributed by atoms with van der Waals surface area (Å²) in [5, 5.41) is 5.39. The van der Waals surface area contributed by atoms with Gasteiger partial charge in [0.25, 0.3) is 5.91 Å². The molecule has 23 heavy (non-hydrogen) atoms. The molecule has 0 spiro atoms. The second-order valence-electron chi connectivity index (χ2n) is 5.66. The number of carbonyl (C=O) groups is 2. The molecule has 1 aromatic carbocycles. The number of carbonyl (C=O) groups excluding carboxylic acids is 2. The lowest BCUT2D eigenvalue weighted by Crippen LogP contribution is -2.45. The van der Waals surface area contributed by atoms with Gasteiger partial charge >= 0.3 is 0 Å². The summed E-state index contributed by atoms with van der Waals surface area (Å²) in [6.45, 7) is 2.47. The molecule has 1 N–H and O–H groups in total. The summed E-state index contributed by atoms with van der Waals surface area (Å²) in [5.41, 5.74) is 2.08. The average Bonchev–Trinajstić information content (AvgIpc) is 3.17. The SMILES string of the molecule is Cc1csc(N(CCc2ccccc2)C(=O)[C@H]2CCC(=O)N2)n1. The molecule has 1 fully saturated rings. The minimum atomic E-state index is -0.428. The van der Waals surface area contributed by atoms with E-state index in [4.69, 9.17) is 0 Å². The van der Waals surface area contributed by atoms with Gasteiger partial charge in [-0.25, -0.2) is 4.98 Å². The van der Waals surface area contributed by atoms with Crippen molar-refractivity contribution >= 4 is 28.3 Å². The van der Waals surface area contributed by atoms with Gasteiger partial charge < -0.3 is 5.32 Å². The molecule has 1 atom stereocenters. The Labute approximate surface area is 139 Å². The highest BCUT2D eigenvalue weighted by molar-refractivity contribution is 7.14. The lowest BCUT2D eigenvalue weighted by molar-refractivity contribution is -0.124. The van der Waals surface area contributed by atoms with Crippen LogP contribution in [0.2, 0.25) is 0 Å². The number of anilines is 1. The molecule has 1 aromatic heterocycles. The van der Waals surface area contributed by atoms with Gasteiger partial charge in [-0.2, -0.15) is 0 Å². The van der Waals surface area contributed by atoms with Gasteiger partial charge in [0, 0.05) is 18.3 Å². The first-order chi connectivity index (χ1) is 11.1. The Morgan fingerprint density at radius 1 is 1.39 bits per heavy atom. The zero-order valence-corrected chi connectivity index (χ0v) is 13.8. The van der Waals surface area contributed by atoms with Gasteiger partial charge in [-0.3, -0.25) is 14.5 Å². The molecule has 2 aromatic rings. The van der Waals surface area contributed by atoms with Crippen molar-refractivity contribution in [3.8, 4) is 0 Å². The summed E-state index contributed by atoms with van der Waals surface area (Å²) in [7, 11) is 0. The van der Waals surface area contributed by atoms with Crippen LogP contribution in [0.1, 0.15) is 24.1 Å². The maximum atomic E-state index is 12.8. The largest absolute Gasteiger partial charge is 0.344 e. The fourth-order valence-electron chi connectivity index (χ4n) is 2.64. The molecule has 2 heterocycles. The fraction of sp³-hybridized carbons (Fsp3) is 0.353. The lowest BCUT2D eigenvalue weighted by atomic mass is 10.1. The van der Waals surface area contributed by atoms with E-state index in [1.165, 1.54) is 16.9 Å². The van der Waals surface area contributed by atoms with Crippen LogP contribution in [0.5, 0.6) is 0 Å². The smallest absolute Gasteiger partial charge is 0.251 e. The van der Waals surface area contributed by atoms with Gasteiger partial charge in [0.1, 0.15) is 6.04 Å². The van der Waals surface area contributed by atoms with Crippen LogP contribution in [-0.4, -0.2) is 29.4 Å². The number of hydrogen-bond acceptors (Lipinski definition) is 4. The molecule has 0 unspecified atom stereocenters. The number of amides is 2. The van der Waals surface area contributed by atoms with Gasteiger partial charge in [-0.1, -0.05) is 30.3 Å². The molecule has 5 nitrogen and oxygen atoms in total. The van der Waals surface area contributed by atoms with E-state index in [1.54, 1.807) is 4.90 Å². The highest BCUT2D eigenvalue weighted by Crippen LogP contribution is 2.23. The molecule has 1 saturated heterocycles. The summed E-state index contributed by atoms with van der Waals surface area (Å²) in [4.78, 5) is 30.4. The maximum absolute atomic E-state index is 12.8. The predicted molar refractivity (Wildman–Crippen MR) is 90.5 cm³/mol. The maximum Gasteiger partial charge on any atom is 0.251 e. The number of aryl methyl sites for hydroxylation is 1. The summed E-state index contributed by atoms with van der Waals surface area (Å²) < 4.78 is 0. The summed E-state index contributed by atoms with van der Waals surface area (Å²) >= 11 is 1.46. The van der Waals surface area contributed by atoms with E-state index in [2.05, 4.69) is 10.3 Å². The first-order valence-corrected chi connectivity index (χ1v) is 8.58. The Kier molecular flexibility index (Phi) is 4.71. The van der Waals surface area contributed by atoms with Crippen molar-refractivity contribution < 1.29 is 9.59 Å². The van der Waals surface area contributed by atoms with E-state index in [9.17, 15) is 9.59 Å². The van der Waals surface area contributed by atoms with Crippen molar-refractivity contribution in [1.82, 2.24) is 10.3 Å². The van der Waals surface area contributed by atoms with Gasteiger partial charge in [0.2, 0.25) is 5.91 Å². The second kappa shape index (κ2) is 6.91.